The zero-order valence-corrected chi connectivity index (χ0v) is 10.6. The van der Waals surface area contributed by atoms with Crippen LogP contribution in [0.4, 0.5) is 8.78 Å². The van der Waals surface area contributed by atoms with E-state index < -0.39 is 11.6 Å². The third-order valence-corrected chi connectivity index (χ3v) is 3.16. The van der Waals surface area contributed by atoms with Gasteiger partial charge in [-0.05, 0) is 17.4 Å². The summed E-state index contributed by atoms with van der Waals surface area (Å²) in [5, 5.41) is 3.77. The van der Waals surface area contributed by atoms with Crippen LogP contribution in [0.1, 0.15) is 24.2 Å². The van der Waals surface area contributed by atoms with Gasteiger partial charge in [-0.15, -0.1) is 0 Å². The maximum atomic E-state index is 13.4. The van der Waals surface area contributed by atoms with E-state index in [1.54, 1.807) is 11.8 Å². The fourth-order valence-corrected chi connectivity index (χ4v) is 1.94. The monoisotopic (exact) mass is 270 g/mol. The molecule has 1 aromatic heterocycles. The minimum atomic E-state index is -0.593. The van der Waals surface area contributed by atoms with E-state index in [4.69, 9.17) is 4.52 Å². The molecule has 0 unspecified atom stereocenters. The topological polar surface area (TPSA) is 38.9 Å². The summed E-state index contributed by atoms with van der Waals surface area (Å²) in [6, 6.07) is 3.46. The molecule has 0 aliphatic carbocycles. The summed E-state index contributed by atoms with van der Waals surface area (Å²) in [4.78, 5) is 4.15. The van der Waals surface area contributed by atoms with Crippen LogP contribution in [-0.2, 0) is 12.2 Å². The van der Waals surface area contributed by atoms with Gasteiger partial charge in [0.1, 0.15) is 11.6 Å². The molecule has 6 heteroatoms. The summed E-state index contributed by atoms with van der Waals surface area (Å²) in [6.45, 7) is 2.04. The Morgan fingerprint density at radius 1 is 1.33 bits per heavy atom. The van der Waals surface area contributed by atoms with E-state index >= 15 is 0 Å². The summed E-state index contributed by atoms with van der Waals surface area (Å²) in [6.07, 6.45) is 0.201. The molecule has 0 bridgehead atoms. The second-order valence-corrected chi connectivity index (χ2v) is 4.93. The lowest BCUT2D eigenvalue weighted by molar-refractivity contribution is 0.385. The fraction of sp³-hybridized carbons (Fsp3) is 0.333. The van der Waals surface area contributed by atoms with Gasteiger partial charge in [0.25, 0.3) is 0 Å². The first-order valence-corrected chi connectivity index (χ1v) is 6.67. The molecule has 0 saturated carbocycles. The molecule has 0 saturated heterocycles. The van der Waals surface area contributed by atoms with Gasteiger partial charge in [-0.2, -0.15) is 16.7 Å². The number of thioether (sulfide) groups is 1. The third-order valence-electron chi connectivity index (χ3n) is 2.30. The van der Waals surface area contributed by atoms with Crippen molar-refractivity contribution in [2.24, 2.45) is 0 Å². The molecule has 2 aromatic rings. The maximum absolute atomic E-state index is 13.4. The summed E-state index contributed by atoms with van der Waals surface area (Å²) >= 11 is 1.67. The molecule has 0 fully saturated rings. The lowest BCUT2D eigenvalue weighted by Crippen LogP contribution is -1.95. The average molecular weight is 270 g/mol. The molecule has 96 valence electrons. The number of aromatic nitrogens is 2. The number of rotatable bonds is 5. The van der Waals surface area contributed by atoms with Gasteiger partial charge in [0.2, 0.25) is 5.89 Å². The van der Waals surface area contributed by atoms with Crippen LogP contribution < -0.4 is 0 Å². The zero-order valence-electron chi connectivity index (χ0n) is 9.82. The lowest BCUT2D eigenvalue weighted by Gasteiger charge is -1.99. The summed E-state index contributed by atoms with van der Waals surface area (Å²) < 4.78 is 31.2. The number of hydrogen-bond acceptors (Lipinski definition) is 4. The molecule has 0 spiro atoms. The number of halogens is 2. The van der Waals surface area contributed by atoms with E-state index in [-0.39, 0.29) is 6.42 Å². The number of benzene rings is 1. The Hall–Kier alpha value is -1.43. The minimum absolute atomic E-state index is 0.201. The number of hydrogen-bond donors (Lipinski definition) is 0. The average Bonchev–Trinajstić information content (AvgIpc) is 2.78. The normalized spacial score (nSPS) is 10.8. The maximum Gasteiger partial charge on any atom is 0.236 e. The van der Waals surface area contributed by atoms with E-state index in [1.807, 2.05) is 6.92 Å². The highest BCUT2D eigenvalue weighted by Crippen LogP contribution is 2.15. The van der Waals surface area contributed by atoms with Gasteiger partial charge in [0, 0.05) is 12.5 Å². The van der Waals surface area contributed by atoms with Gasteiger partial charge in [0.15, 0.2) is 5.82 Å². The molecule has 0 atom stereocenters. The van der Waals surface area contributed by atoms with Crippen LogP contribution in [-0.4, -0.2) is 15.9 Å². The minimum Gasteiger partial charge on any atom is -0.338 e. The second-order valence-electron chi connectivity index (χ2n) is 3.65. The SMILES string of the molecule is CCSCc1nc(Cc2ccc(F)cc2F)no1. The van der Waals surface area contributed by atoms with Gasteiger partial charge in [-0.25, -0.2) is 8.78 Å². The first-order chi connectivity index (χ1) is 8.69. The predicted molar refractivity (Wildman–Crippen MR) is 65.3 cm³/mol. The molecule has 0 radical (unpaired) electrons. The van der Waals surface area contributed by atoms with E-state index in [0.29, 0.717) is 23.0 Å². The van der Waals surface area contributed by atoms with Gasteiger partial charge in [-0.1, -0.05) is 18.1 Å². The Morgan fingerprint density at radius 3 is 2.89 bits per heavy atom. The summed E-state index contributed by atoms with van der Waals surface area (Å²) in [5.74, 6) is 1.36. The lowest BCUT2D eigenvalue weighted by atomic mass is 10.1. The van der Waals surface area contributed by atoms with E-state index in [0.717, 1.165) is 11.8 Å². The van der Waals surface area contributed by atoms with Crippen molar-refractivity contribution in [1.29, 1.82) is 0 Å². The van der Waals surface area contributed by atoms with Gasteiger partial charge in [0.05, 0.1) is 5.75 Å². The Labute approximate surface area is 108 Å². The standard InChI is InChI=1S/C12H12F2N2OS/c1-2-18-7-12-15-11(16-17-12)5-8-3-4-9(13)6-10(8)14/h3-4,6H,2,5,7H2,1H3. The van der Waals surface area contributed by atoms with Crippen LogP contribution in [0.15, 0.2) is 22.7 Å². The highest BCUT2D eigenvalue weighted by Gasteiger charge is 2.10. The third kappa shape index (κ3) is 3.29. The molecule has 0 amide bonds. The van der Waals surface area contributed by atoms with E-state index in [9.17, 15) is 8.78 Å². The molecule has 18 heavy (non-hydrogen) atoms. The van der Waals surface area contributed by atoms with Gasteiger partial charge >= 0.3 is 0 Å². The molecular weight excluding hydrogens is 258 g/mol. The van der Waals surface area contributed by atoms with Crippen LogP contribution in [0.25, 0.3) is 0 Å². The van der Waals surface area contributed by atoms with Crippen molar-refractivity contribution in [2.45, 2.75) is 19.1 Å². The summed E-state index contributed by atoms with van der Waals surface area (Å²) in [7, 11) is 0. The second kappa shape index (κ2) is 5.95. The van der Waals surface area contributed by atoms with Crippen molar-refractivity contribution in [3.8, 4) is 0 Å². The van der Waals surface area contributed by atoms with Crippen molar-refractivity contribution in [1.82, 2.24) is 10.1 Å². The quantitative estimate of drug-likeness (QED) is 0.836. The van der Waals surface area contributed by atoms with Crippen molar-refractivity contribution in [3.05, 3.63) is 47.1 Å². The van der Waals surface area contributed by atoms with Gasteiger partial charge in [-0.3, -0.25) is 0 Å². The first kappa shape index (κ1) is 13.0. The molecule has 1 aromatic carbocycles. The first-order valence-electron chi connectivity index (χ1n) is 5.52. The Bertz CT molecular complexity index is 531. The summed E-state index contributed by atoms with van der Waals surface area (Å²) in [5.41, 5.74) is 0.354. The van der Waals surface area contributed by atoms with Crippen molar-refractivity contribution in [2.75, 3.05) is 5.75 Å². The molecule has 2 rings (SSSR count). The smallest absolute Gasteiger partial charge is 0.236 e. The van der Waals surface area contributed by atoms with Crippen molar-refractivity contribution < 1.29 is 13.3 Å². The molecule has 0 aliphatic heterocycles. The molecule has 3 nitrogen and oxygen atoms in total. The van der Waals surface area contributed by atoms with E-state index in [1.165, 1.54) is 12.1 Å². The van der Waals surface area contributed by atoms with Crippen LogP contribution >= 0.6 is 11.8 Å². The van der Waals surface area contributed by atoms with Crippen LogP contribution in [0.3, 0.4) is 0 Å². The Kier molecular flexibility index (Phi) is 4.30. The molecule has 0 N–H and O–H groups in total. The highest BCUT2D eigenvalue weighted by atomic mass is 32.2. The predicted octanol–water partition coefficient (Wildman–Crippen LogP) is 3.19. The van der Waals surface area contributed by atoms with Crippen LogP contribution in [0.5, 0.6) is 0 Å². The Balaban J connectivity index is 2.06. The fourth-order valence-electron chi connectivity index (χ4n) is 1.45. The van der Waals surface area contributed by atoms with Gasteiger partial charge < -0.3 is 4.52 Å². The van der Waals surface area contributed by atoms with Crippen LogP contribution in [0, 0.1) is 11.6 Å². The molecule has 0 aliphatic rings. The molecular formula is C12H12F2N2OS. The largest absolute Gasteiger partial charge is 0.338 e. The zero-order chi connectivity index (χ0) is 13.0. The van der Waals surface area contributed by atoms with E-state index in [2.05, 4.69) is 10.1 Å². The number of nitrogens with zero attached hydrogens (tertiary/aromatic N) is 2. The van der Waals surface area contributed by atoms with Crippen LogP contribution in [0.2, 0.25) is 0 Å². The Morgan fingerprint density at radius 2 is 2.17 bits per heavy atom. The van der Waals surface area contributed by atoms with Crippen molar-refractivity contribution in [3.63, 3.8) is 0 Å². The molecule has 1 heterocycles. The highest BCUT2D eigenvalue weighted by molar-refractivity contribution is 7.98. The van der Waals surface area contributed by atoms with Crippen molar-refractivity contribution >= 4 is 11.8 Å².